The van der Waals surface area contributed by atoms with Crippen LogP contribution in [0.25, 0.3) is 0 Å². The number of aliphatic carboxylic acids is 2. The molecule has 3 atom stereocenters. The first-order valence-electron chi connectivity index (χ1n) is 10.4. The van der Waals surface area contributed by atoms with Crippen molar-refractivity contribution in [3.63, 3.8) is 0 Å². The number of hydrogen-bond acceptors (Lipinski definition) is 6. The molecule has 2 amide bonds. The maximum absolute atomic E-state index is 13.0. The van der Waals surface area contributed by atoms with Gasteiger partial charge in [0.25, 0.3) is 0 Å². The number of benzene rings is 2. The van der Waals surface area contributed by atoms with Gasteiger partial charge in [0, 0.05) is 22.9 Å². The number of carboxylic acids is 2. The van der Waals surface area contributed by atoms with E-state index in [0.29, 0.717) is 16.3 Å². The highest BCUT2D eigenvalue weighted by atomic mass is 35.5. The molecule has 2 unspecified atom stereocenters. The van der Waals surface area contributed by atoms with Gasteiger partial charge in [-0.25, -0.2) is 4.79 Å². The maximum Gasteiger partial charge on any atom is 0.330 e. The quantitative estimate of drug-likeness (QED) is 0.276. The van der Waals surface area contributed by atoms with E-state index in [9.17, 15) is 24.3 Å². The van der Waals surface area contributed by atoms with Crippen molar-refractivity contribution in [2.24, 2.45) is 5.73 Å². The van der Waals surface area contributed by atoms with Gasteiger partial charge < -0.3 is 26.6 Å². The van der Waals surface area contributed by atoms with Gasteiger partial charge in [0.2, 0.25) is 11.8 Å². The monoisotopic (exact) mass is 507 g/mol. The number of carboxylic acid groups (broad SMARTS) is 2. The van der Waals surface area contributed by atoms with Crippen molar-refractivity contribution in [3.8, 4) is 0 Å². The molecule has 0 saturated carbocycles. The molecule has 0 radical (unpaired) electrons. The van der Waals surface area contributed by atoms with E-state index in [-0.39, 0.29) is 18.6 Å². The second-order valence-electron chi connectivity index (χ2n) is 7.44. The average Bonchev–Trinajstić information content (AvgIpc) is 2.81. The standard InChI is InChI=1S/C23H26ClN3O6S/c24-16-8-6-14(7-9-16)12-34-13-18(26-19(28)11-10-17(25)22(30)31)21(29)27-20(23(32)33)15-4-2-1-3-5-15/h1-9,17-18,20H,10-13,25H2,(H,26,28)(H,27,29)(H,30,31)(H,32,33)/t17?,18?,20-/m1/s1. The summed E-state index contributed by atoms with van der Waals surface area (Å²) in [5.74, 6) is -3.02. The molecular weight excluding hydrogens is 482 g/mol. The summed E-state index contributed by atoms with van der Waals surface area (Å²) >= 11 is 7.26. The number of nitrogens with two attached hydrogens (primary N) is 1. The molecule has 2 aromatic carbocycles. The molecule has 9 nitrogen and oxygen atoms in total. The Bertz CT molecular complexity index is 990. The molecule has 0 aromatic heterocycles. The van der Waals surface area contributed by atoms with Crippen LogP contribution in [0.4, 0.5) is 0 Å². The van der Waals surface area contributed by atoms with E-state index in [0.717, 1.165) is 5.56 Å². The lowest BCUT2D eigenvalue weighted by atomic mass is 10.1. The minimum atomic E-state index is -1.30. The molecule has 0 fully saturated rings. The minimum absolute atomic E-state index is 0.102. The van der Waals surface area contributed by atoms with Crippen LogP contribution in [0.2, 0.25) is 5.02 Å². The lowest BCUT2D eigenvalue weighted by Crippen LogP contribution is -2.50. The van der Waals surface area contributed by atoms with Crippen molar-refractivity contribution < 1.29 is 29.4 Å². The van der Waals surface area contributed by atoms with Crippen LogP contribution in [0, 0.1) is 0 Å². The Hall–Kier alpha value is -3.08. The largest absolute Gasteiger partial charge is 0.480 e. The molecule has 11 heteroatoms. The van der Waals surface area contributed by atoms with E-state index in [4.69, 9.17) is 22.4 Å². The van der Waals surface area contributed by atoms with Crippen LogP contribution in [0.15, 0.2) is 54.6 Å². The molecule has 34 heavy (non-hydrogen) atoms. The Morgan fingerprint density at radius 3 is 2.18 bits per heavy atom. The van der Waals surface area contributed by atoms with Crippen LogP contribution in [0.3, 0.4) is 0 Å². The Labute approximate surface area is 206 Å². The average molecular weight is 508 g/mol. The van der Waals surface area contributed by atoms with Gasteiger partial charge in [0.1, 0.15) is 12.1 Å². The van der Waals surface area contributed by atoms with Crippen LogP contribution in [-0.2, 0) is 24.9 Å². The third-order valence-corrected chi connectivity index (χ3v) is 6.14. The van der Waals surface area contributed by atoms with Crippen molar-refractivity contribution >= 4 is 47.1 Å². The van der Waals surface area contributed by atoms with Crippen LogP contribution in [0.5, 0.6) is 0 Å². The topological polar surface area (TPSA) is 159 Å². The molecule has 0 bridgehead atoms. The van der Waals surface area contributed by atoms with Crippen LogP contribution in [0.1, 0.15) is 30.0 Å². The van der Waals surface area contributed by atoms with Gasteiger partial charge in [-0.15, -0.1) is 0 Å². The highest BCUT2D eigenvalue weighted by Gasteiger charge is 2.28. The van der Waals surface area contributed by atoms with Crippen molar-refractivity contribution in [3.05, 3.63) is 70.7 Å². The van der Waals surface area contributed by atoms with Crippen LogP contribution < -0.4 is 16.4 Å². The van der Waals surface area contributed by atoms with E-state index < -0.39 is 41.9 Å². The SMILES string of the molecule is NC(CCC(=O)NC(CSCc1ccc(Cl)cc1)C(=O)N[C@@H](C(=O)O)c1ccccc1)C(=O)O. The number of carbonyl (C=O) groups is 4. The van der Waals surface area contributed by atoms with E-state index in [2.05, 4.69) is 10.6 Å². The number of carbonyl (C=O) groups excluding carboxylic acids is 2. The highest BCUT2D eigenvalue weighted by molar-refractivity contribution is 7.98. The van der Waals surface area contributed by atoms with Gasteiger partial charge in [-0.1, -0.05) is 54.1 Å². The number of rotatable bonds is 13. The lowest BCUT2D eigenvalue weighted by molar-refractivity contribution is -0.142. The predicted octanol–water partition coefficient (Wildman–Crippen LogP) is 2.19. The number of halogens is 1. The van der Waals surface area contributed by atoms with E-state index >= 15 is 0 Å². The molecule has 0 spiro atoms. The number of thioether (sulfide) groups is 1. The van der Waals surface area contributed by atoms with E-state index in [1.807, 2.05) is 12.1 Å². The van der Waals surface area contributed by atoms with Crippen LogP contribution >= 0.6 is 23.4 Å². The van der Waals surface area contributed by atoms with E-state index in [1.54, 1.807) is 42.5 Å². The minimum Gasteiger partial charge on any atom is -0.480 e. The Balaban J connectivity index is 2.07. The second kappa shape index (κ2) is 13.6. The first-order chi connectivity index (χ1) is 16.2. The molecule has 0 saturated heterocycles. The van der Waals surface area contributed by atoms with Gasteiger partial charge >= 0.3 is 11.9 Å². The number of amides is 2. The first-order valence-corrected chi connectivity index (χ1v) is 11.9. The third-order valence-electron chi connectivity index (χ3n) is 4.78. The molecule has 6 N–H and O–H groups in total. The first kappa shape index (κ1) is 27.2. The van der Waals surface area contributed by atoms with Crippen molar-refractivity contribution in [1.82, 2.24) is 10.6 Å². The lowest BCUT2D eigenvalue weighted by Gasteiger charge is -2.22. The van der Waals surface area contributed by atoms with E-state index in [1.165, 1.54) is 11.8 Å². The molecule has 0 aliphatic carbocycles. The summed E-state index contributed by atoms with van der Waals surface area (Å²) in [7, 11) is 0. The summed E-state index contributed by atoms with van der Waals surface area (Å²) in [6.45, 7) is 0. The summed E-state index contributed by atoms with van der Waals surface area (Å²) in [4.78, 5) is 48.0. The maximum atomic E-state index is 13.0. The zero-order valence-electron chi connectivity index (χ0n) is 18.1. The molecule has 0 aliphatic rings. The smallest absolute Gasteiger partial charge is 0.330 e. The zero-order valence-corrected chi connectivity index (χ0v) is 19.7. The van der Waals surface area contributed by atoms with Crippen LogP contribution in [-0.4, -0.2) is 51.8 Å². The molecule has 0 heterocycles. The Morgan fingerprint density at radius 2 is 1.59 bits per heavy atom. The fourth-order valence-electron chi connectivity index (χ4n) is 2.91. The third kappa shape index (κ3) is 9.05. The van der Waals surface area contributed by atoms with Gasteiger partial charge in [-0.2, -0.15) is 11.8 Å². The fraction of sp³-hybridized carbons (Fsp3) is 0.304. The molecule has 0 aliphatic heterocycles. The van der Waals surface area contributed by atoms with Gasteiger partial charge in [-0.3, -0.25) is 14.4 Å². The van der Waals surface area contributed by atoms with Gasteiger partial charge in [-0.05, 0) is 29.7 Å². The summed E-state index contributed by atoms with van der Waals surface area (Å²) in [5, 5.41) is 24.1. The van der Waals surface area contributed by atoms with Crippen molar-refractivity contribution in [2.45, 2.75) is 36.7 Å². The molecule has 182 valence electrons. The fourth-order valence-corrected chi connectivity index (χ4v) is 4.05. The summed E-state index contributed by atoms with van der Waals surface area (Å²) in [6, 6.07) is 11.8. The molecule has 2 rings (SSSR count). The van der Waals surface area contributed by atoms with Gasteiger partial charge in [0.05, 0.1) is 0 Å². The Kier molecular flexibility index (Phi) is 10.9. The number of nitrogens with one attached hydrogen (secondary N) is 2. The zero-order chi connectivity index (χ0) is 25.1. The summed E-state index contributed by atoms with van der Waals surface area (Å²) in [5.41, 5.74) is 6.78. The van der Waals surface area contributed by atoms with Crippen molar-refractivity contribution in [2.75, 3.05) is 5.75 Å². The highest BCUT2D eigenvalue weighted by Crippen LogP contribution is 2.18. The molecular formula is C23H26ClN3O6S. The second-order valence-corrected chi connectivity index (χ2v) is 8.90. The summed E-state index contributed by atoms with van der Waals surface area (Å²) in [6.07, 6.45) is -0.296. The summed E-state index contributed by atoms with van der Waals surface area (Å²) < 4.78 is 0. The number of hydrogen-bond donors (Lipinski definition) is 5. The predicted molar refractivity (Wildman–Crippen MR) is 129 cm³/mol. The normalized spacial score (nSPS) is 13.4. The van der Waals surface area contributed by atoms with Gasteiger partial charge in [0.15, 0.2) is 6.04 Å². The Morgan fingerprint density at radius 1 is 0.941 bits per heavy atom. The van der Waals surface area contributed by atoms with Crippen molar-refractivity contribution in [1.29, 1.82) is 0 Å². The molecule has 2 aromatic rings.